The van der Waals surface area contributed by atoms with Crippen molar-refractivity contribution in [1.82, 2.24) is 9.55 Å². The molecule has 1 aromatic carbocycles. The number of non-ortho nitro benzene ring substituents is 1. The van der Waals surface area contributed by atoms with E-state index in [4.69, 9.17) is 5.11 Å². The fourth-order valence-corrected chi connectivity index (χ4v) is 3.91. The third kappa shape index (κ3) is 4.34. The largest absolute Gasteiger partial charge is 0.395 e. The molecule has 2 aromatic rings. The van der Waals surface area contributed by atoms with Gasteiger partial charge in [-0.15, -0.1) is 0 Å². The van der Waals surface area contributed by atoms with Crippen molar-refractivity contribution in [2.24, 2.45) is 0 Å². The third-order valence-corrected chi connectivity index (χ3v) is 5.24. The second kappa shape index (κ2) is 8.31. The van der Waals surface area contributed by atoms with E-state index in [0.717, 1.165) is 30.5 Å². The van der Waals surface area contributed by atoms with Crippen molar-refractivity contribution >= 4 is 29.0 Å². The van der Waals surface area contributed by atoms with E-state index in [9.17, 15) is 19.7 Å². The van der Waals surface area contributed by atoms with Crippen LogP contribution in [0.15, 0.2) is 34.1 Å². The summed E-state index contributed by atoms with van der Waals surface area (Å²) in [6.07, 6.45) is 2.46. The zero-order valence-electron chi connectivity index (χ0n) is 14.4. The molecule has 2 N–H and O–H groups in total. The Balaban J connectivity index is 1.67. The highest BCUT2D eigenvalue weighted by molar-refractivity contribution is 8.00. The highest BCUT2D eigenvalue weighted by atomic mass is 32.2. The van der Waals surface area contributed by atoms with Gasteiger partial charge >= 0.3 is 5.69 Å². The number of nitrogens with zero attached hydrogens (tertiary/aromatic N) is 3. The number of thioether (sulfide) groups is 1. The first-order valence-electron chi connectivity index (χ1n) is 8.40. The molecule has 0 aliphatic heterocycles. The number of aliphatic hydroxyl groups excluding tert-OH is 1. The third-order valence-electron chi connectivity index (χ3n) is 4.23. The van der Waals surface area contributed by atoms with Gasteiger partial charge in [0, 0.05) is 29.1 Å². The number of amides is 1. The highest BCUT2D eigenvalue weighted by Crippen LogP contribution is 2.29. The van der Waals surface area contributed by atoms with Gasteiger partial charge in [-0.2, -0.15) is 4.98 Å². The number of carbonyl (C=O) groups is 1. The van der Waals surface area contributed by atoms with Gasteiger partial charge in [0.2, 0.25) is 5.91 Å². The van der Waals surface area contributed by atoms with Crippen LogP contribution in [0.5, 0.6) is 0 Å². The van der Waals surface area contributed by atoms with E-state index in [1.807, 2.05) is 0 Å². The lowest BCUT2D eigenvalue weighted by molar-refractivity contribution is -0.384. The van der Waals surface area contributed by atoms with Gasteiger partial charge in [0.25, 0.3) is 5.69 Å². The fourth-order valence-electron chi connectivity index (χ4n) is 3.03. The zero-order valence-corrected chi connectivity index (χ0v) is 15.2. The molecule has 1 aliphatic rings. The number of nitro groups is 1. The Labute approximate surface area is 158 Å². The Morgan fingerprint density at radius 1 is 1.33 bits per heavy atom. The lowest BCUT2D eigenvalue weighted by Gasteiger charge is -2.13. The number of fused-ring (bicyclic) bond motifs is 1. The molecule has 3 rings (SSSR count). The Kier molecular flexibility index (Phi) is 5.87. The molecule has 0 saturated heterocycles. The predicted octanol–water partition coefficient (Wildman–Crippen LogP) is 1.36. The van der Waals surface area contributed by atoms with E-state index in [1.54, 1.807) is 0 Å². The molecule has 1 aliphatic carbocycles. The Morgan fingerprint density at radius 2 is 2.07 bits per heavy atom. The first-order valence-corrected chi connectivity index (χ1v) is 9.38. The summed E-state index contributed by atoms with van der Waals surface area (Å²) in [4.78, 5) is 38.5. The molecule has 1 aromatic heterocycles. The molecule has 0 spiro atoms. The Bertz CT molecular complexity index is 926. The van der Waals surface area contributed by atoms with Crippen molar-refractivity contribution in [2.75, 3.05) is 17.7 Å². The van der Waals surface area contributed by atoms with E-state index >= 15 is 0 Å². The average molecular weight is 390 g/mol. The molecule has 0 radical (unpaired) electrons. The van der Waals surface area contributed by atoms with Gasteiger partial charge in [-0.1, -0.05) is 11.8 Å². The molecule has 0 fully saturated rings. The van der Waals surface area contributed by atoms with Gasteiger partial charge in [0.05, 0.1) is 23.8 Å². The monoisotopic (exact) mass is 390 g/mol. The predicted molar refractivity (Wildman–Crippen MR) is 100 cm³/mol. The first kappa shape index (κ1) is 19.1. The molecule has 0 atom stereocenters. The van der Waals surface area contributed by atoms with Crippen LogP contribution < -0.4 is 11.0 Å². The molecule has 1 heterocycles. The number of aliphatic hydroxyl groups is 1. The van der Waals surface area contributed by atoms with E-state index in [0.29, 0.717) is 10.7 Å². The van der Waals surface area contributed by atoms with Crippen LogP contribution >= 0.6 is 11.8 Å². The van der Waals surface area contributed by atoms with Crippen molar-refractivity contribution < 1.29 is 14.8 Å². The van der Waals surface area contributed by atoms with E-state index in [2.05, 4.69) is 10.3 Å². The number of anilines is 1. The highest BCUT2D eigenvalue weighted by Gasteiger charge is 2.22. The number of nitrogens with one attached hydrogen (secondary N) is 1. The fraction of sp³-hybridized carbons (Fsp3) is 0.353. The molecule has 1 amide bonds. The molecule has 10 heteroatoms. The molecule has 0 bridgehead atoms. The normalized spacial score (nSPS) is 12.6. The van der Waals surface area contributed by atoms with E-state index < -0.39 is 10.6 Å². The first-order chi connectivity index (χ1) is 13.0. The number of carbonyl (C=O) groups excluding carboxylic acids is 1. The Hall–Kier alpha value is -2.72. The van der Waals surface area contributed by atoms with Crippen LogP contribution in [0.2, 0.25) is 0 Å². The van der Waals surface area contributed by atoms with Crippen LogP contribution in [0.25, 0.3) is 0 Å². The maximum absolute atomic E-state index is 12.2. The summed E-state index contributed by atoms with van der Waals surface area (Å²) in [6.45, 7) is 0.0951. The van der Waals surface area contributed by atoms with Crippen molar-refractivity contribution in [2.45, 2.75) is 30.8 Å². The van der Waals surface area contributed by atoms with Gasteiger partial charge < -0.3 is 10.4 Å². The summed E-state index contributed by atoms with van der Waals surface area (Å²) in [5, 5.41) is 23.0. The quantitative estimate of drug-likeness (QED) is 0.316. The van der Waals surface area contributed by atoms with Gasteiger partial charge in [-0.25, -0.2) is 4.79 Å². The van der Waals surface area contributed by atoms with E-state index in [1.165, 1.54) is 40.6 Å². The lowest BCUT2D eigenvalue weighted by atomic mass is 10.2. The van der Waals surface area contributed by atoms with Gasteiger partial charge in [0.1, 0.15) is 5.03 Å². The Morgan fingerprint density at radius 3 is 2.74 bits per heavy atom. The smallest absolute Gasteiger partial charge is 0.348 e. The van der Waals surface area contributed by atoms with Crippen molar-refractivity contribution in [3.8, 4) is 0 Å². The average Bonchev–Trinajstić information content (AvgIpc) is 3.13. The minimum atomic E-state index is -0.507. The zero-order chi connectivity index (χ0) is 19.4. The van der Waals surface area contributed by atoms with Crippen LogP contribution in [-0.4, -0.2) is 37.8 Å². The van der Waals surface area contributed by atoms with Crippen LogP contribution in [-0.2, 0) is 24.2 Å². The minimum Gasteiger partial charge on any atom is -0.395 e. The number of nitro benzene ring substituents is 1. The van der Waals surface area contributed by atoms with Crippen molar-refractivity contribution in [3.05, 3.63) is 56.1 Å². The van der Waals surface area contributed by atoms with Crippen LogP contribution in [0, 0.1) is 10.1 Å². The molecule has 27 heavy (non-hydrogen) atoms. The number of rotatable bonds is 7. The summed E-state index contributed by atoms with van der Waals surface area (Å²) in [6, 6.07) is 5.56. The molecular weight excluding hydrogens is 372 g/mol. The summed E-state index contributed by atoms with van der Waals surface area (Å²) >= 11 is 1.19. The molecular formula is C17H18N4O5S. The maximum Gasteiger partial charge on any atom is 0.348 e. The summed E-state index contributed by atoms with van der Waals surface area (Å²) in [5.41, 5.74) is 1.86. The van der Waals surface area contributed by atoms with Crippen LogP contribution in [0.4, 0.5) is 11.4 Å². The van der Waals surface area contributed by atoms with Crippen LogP contribution in [0.1, 0.15) is 17.7 Å². The van der Waals surface area contributed by atoms with Crippen LogP contribution in [0.3, 0.4) is 0 Å². The van der Waals surface area contributed by atoms with Gasteiger partial charge in [-0.05, 0) is 31.4 Å². The summed E-state index contributed by atoms with van der Waals surface area (Å²) in [7, 11) is 0. The van der Waals surface area contributed by atoms with E-state index in [-0.39, 0.29) is 30.5 Å². The summed E-state index contributed by atoms with van der Waals surface area (Å²) in [5.74, 6) is -0.221. The SMILES string of the molecule is O=C(CSc1nc(=O)n(CCO)c2c1CCC2)Nc1ccc([N+](=O)[O-])cc1. The molecule has 0 saturated carbocycles. The van der Waals surface area contributed by atoms with Gasteiger partial charge in [0.15, 0.2) is 0 Å². The minimum absolute atomic E-state index is 0.0504. The van der Waals surface area contributed by atoms with Crippen molar-refractivity contribution in [1.29, 1.82) is 0 Å². The topological polar surface area (TPSA) is 127 Å². The number of benzene rings is 1. The second-order valence-corrected chi connectivity index (χ2v) is 6.96. The molecule has 0 unspecified atom stereocenters. The summed E-state index contributed by atoms with van der Waals surface area (Å²) < 4.78 is 1.50. The van der Waals surface area contributed by atoms with Gasteiger partial charge in [-0.3, -0.25) is 19.5 Å². The van der Waals surface area contributed by atoms with Crippen molar-refractivity contribution in [3.63, 3.8) is 0 Å². The second-order valence-electron chi connectivity index (χ2n) is 5.99. The number of aromatic nitrogens is 2. The number of hydrogen-bond acceptors (Lipinski definition) is 7. The standard InChI is InChI=1S/C17H18N4O5S/c22-9-8-20-14-3-1-2-13(14)16(19-17(20)24)27-10-15(23)18-11-4-6-12(7-5-11)21(25)26/h4-7,22H,1-3,8-10H2,(H,18,23). The lowest BCUT2D eigenvalue weighted by Crippen LogP contribution is -2.28. The molecule has 142 valence electrons. The molecule has 9 nitrogen and oxygen atoms in total. The maximum atomic E-state index is 12.2. The number of hydrogen-bond donors (Lipinski definition) is 2.